The van der Waals surface area contributed by atoms with Gasteiger partial charge in [0.05, 0.1) is 5.71 Å². The number of carbonyl (C=O) groups excluding carboxylic acids is 2. The first-order valence-electron chi connectivity index (χ1n) is 9.74. The SMILES string of the molecule is Cc1ccccc1-c1noc(C)c1C(=O)Nc1ccc(C2=NNC(=O)CC2C)cc1. The summed E-state index contributed by atoms with van der Waals surface area (Å²) in [6.45, 7) is 5.66. The van der Waals surface area contributed by atoms with Gasteiger partial charge in [0.15, 0.2) is 0 Å². The van der Waals surface area contributed by atoms with Crippen molar-refractivity contribution in [3.63, 3.8) is 0 Å². The van der Waals surface area contributed by atoms with Crippen molar-refractivity contribution in [3.8, 4) is 11.3 Å². The van der Waals surface area contributed by atoms with Crippen LogP contribution >= 0.6 is 0 Å². The van der Waals surface area contributed by atoms with Gasteiger partial charge in [0.25, 0.3) is 5.91 Å². The Morgan fingerprint density at radius 3 is 2.57 bits per heavy atom. The molecule has 2 aromatic carbocycles. The highest BCUT2D eigenvalue weighted by Gasteiger charge is 2.24. The number of benzene rings is 2. The van der Waals surface area contributed by atoms with Crippen LogP contribution in [0.3, 0.4) is 0 Å². The number of nitrogens with one attached hydrogen (secondary N) is 2. The van der Waals surface area contributed by atoms with Gasteiger partial charge in [0, 0.05) is 23.6 Å². The molecule has 0 fully saturated rings. The van der Waals surface area contributed by atoms with E-state index in [2.05, 4.69) is 21.0 Å². The normalized spacial score (nSPS) is 16.0. The van der Waals surface area contributed by atoms with Crippen LogP contribution in [-0.4, -0.2) is 22.7 Å². The lowest BCUT2D eigenvalue weighted by atomic mass is 9.94. The summed E-state index contributed by atoms with van der Waals surface area (Å²) < 4.78 is 5.32. The quantitative estimate of drug-likeness (QED) is 0.687. The fraction of sp³-hybridized carbons (Fsp3) is 0.217. The Balaban J connectivity index is 1.56. The second-order valence-corrected chi connectivity index (χ2v) is 7.45. The fourth-order valence-electron chi connectivity index (χ4n) is 3.58. The van der Waals surface area contributed by atoms with Gasteiger partial charge in [-0.25, -0.2) is 5.43 Å². The number of hydrazone groups is 1. The summed E-state index contributed by atoms with van der Waals surface area (Å²) in [6, 6.07) is 15.1. The summed E-state index contributed by atoms with van der Waals surface area (Å²) in [4.78, 5) is 24.4. The van der Waals surface area contributed by atoms with Crippen molar-refractivity contribution in [2.75, 3.05) is 5.32 Å². The summed E-state index contributed by atoms with van der Waals surface area (Å²) in [6.07, 6.45) is 0.408. The van der Waals surface area contributed by atoms with Crippen LogP contribution in [0, 0.1) is 19.8 Å². The van der Waals surface area contributed by atoms with E-state index >= 15 is 0 Å². The van der Waals surface area contributed by atoms with E-state index in [4.69, 9.17) is 4.52 Å². The summed E-state index contributed by atoms with van der Waals surface area (Å²) in [7, 11) is 0. The number of hydrogen-bond donors (Lipinski definition) is 2. The number of amides is 2. The van der Waals surface area contributed by atoms with Gasteiger partial charge in [-0.3, -0.25) is 9.59 Å². The van der Waals surface area contributed by atoms with Crippen LogP contribution in [-0.2, 0) is 4.79 Å². The van der Waals surface area contributed by atoms with Crippen molar-refractivity contribution in [2.45, 2.75) is 27.2 Å². The van der Waals surface area contributed by atoms with Gasteiger partial charge in [-0.05, 0) is 37.1 Å². The van der Waals surface area contributed by atoms with E-state index in [1.807, 2.05) is 62.4 Å². The van der Waals surface area contributed by atoms with Crippen LogP contribution < -0.4 is 10.7 Å². The molecule has 1 aliphatic rings. The minimum atomic E-state index is -0.282. The van der Waals surface area contributed by atoms with Crippen LogP contribution in [0.15, 0.2) is 58.2 Å². The molecule has 0 saturated heterocycles. The van der Waals surface area contributed by atoms with Crippen molar-refractivity contribution in [3.05, 3.63) is 71.0 Å². The number of hydrogen-bond acceptors (Lipinski definition) is 5. The van der Waals surface area contributed by atoms with Crippen LogP contribution in [0.1, 0.15) is 40.6 Å². The molecular formula is C23H22N4O3. The van der Waals surface area contributed by atoms with E-state index in [9.17, 15) is 9.59 Å². The lowest BCUT2D eigenvalue weighted by Gasteiger charge is -2.19. The van der Waals surface area contributed by atoms with Crippen LogP contribution in [0.25, 0.3) is 11.3 Å². The molecule has 2 N–H and O–H groups in total. The molecule has 1 unspecified atom stereocenters. The molecule has 0 spiro atoms. The minimum Gasteiger partial charge on any atom is -0.360 e. The maximum Gasteiger partial charge on any atom is 0.261 e. The molecule has 7 nitrogen and oxygen atoms in total. The zero-order valence-electron chi connectivity index (χ0n) is 17.0. The molecule has 30 heavy (non-hydrogen) atoms. The number of aryl methyl sites for hydroxylation is 2. The minimum absolute atomic E-state index is 0.0375. The molecule has 4 rings (SSSR count). The van der Waals surface area contributed by atoms with Gasteiger partial charge < -0.3 is 9.84 Å². The predicted octanol–water partition coefficient (Wildman–Crippen LogP) is 4.07. The molecule has 7 heteroatoms. The summed E-state index contributed by atoms with van der Waals surface area (Å²) in [5.41, 5.74) is 7.72. The molecule has 1 aliphatic heterocycles. The summed E-state index contributed by atoms with van der Waals surface area (Å²) >= 11 is 0. The summed E-state index contributed by atoms with van der Waals surface area (Å²) in [5.74, 6) is 0.137. The number of anilines is 1. The first kappa shape index (κ1) is 19.6. The highest BCUT2D eigenvalue weighted by molar-refractivity contribution is 6.09. The number of aromatic nitrogens is 1. The lowest BCUT2D eigenvalue weighted by Crippen LogP contribution is -2.31. The molecule has 0 radical (unpaired) electrons. The first-order chi connectivity index (χ1) is 14.4. The molecule has 0 bridgehead atoms. The van der Waals surface area contributed by atoms with Gasteiger partial charge >= 0.3 is 0 Å². The monoisotopic (exact) mass is 402 g/mol. The summed E-state index contributed by atoms with van der Waals surface area (Å²) in [5, 5.41) is 11.2. The van der Waals surface area contributed by atoms with Crippen molar-refractivity contribution in [2.24, 2.45) is 11.0 Å². The first-order valence-corrected chi connectivity index (χ1v) is 9.74. The Morgan fingerprint density at radius 1 is 1.13 bits per heavy atom. The van der Waals surface area contributed by atoms with Crippen molar-refractivity contribution >= 4 is 23.2 Å². The van der Waals surface area contributed by atoms with Gasteiger partial charge in [-0.1, -0.05) is 48.5 Å². The van der Waals surface area contributed by atoms with Crippen LogP contribution in [0.2, 0.25) is 0 Å². The third-order valence-corrected chi connectivity index (χ3v) is 5.19. The third kappa shape index (κ3) is 3.74. The predicted molar refractivity (Wildman–Crippen MR) is 114 cm³/mol. The lowest BCUT2D eigenvalue weighted by molar-refractivity contribution is -0.121. The molecule has 3 aromatic rings. The zero-order valence-corrected chi connectivity index (χ0v) is 17.0. The smallest absolute Gasteiger partial charge is 0.261 e. The second-order valence-electron chi connectivity index (χ2n) is 7.45. The molecule has 2 amide bonds. The third-order valence-electron chi connectivity index (χ3n) is 5.19. The average molecular weight is 402 g/mol. The van der Waals surface area contributed by atoms with Crippen molar-refractivity contribution in [1.29, 1.82) is 0 Å². The van der Waals surface area contributed by atoms with Gasteiger partial charge in [-0.2, -0.15) is 5.10 Å². The van der Waals surface area contributed by atoms with Crippen LogP contribution in [0.4, 0.5) is 5.69 Å². The topological polar surface area (TPSA) is 96.6 Å². The molecule has 152 valence electrons. The fourth-order valence-corrected chi connectivity index (χ4v) is 3.58. The molecular weight excluding hydrogens is 380 g/mol. The molecule has 0 aliphatic carbocycles. The van der Waals surface area contributed by atoms with E-state index in [0.717, 1.165) is 22.4 Å². The number of carbonyl (C=O) groups is 2. The Bertz CT molecular complexity index is 1150. The van der Waals surface area contributed by atoms with E-state index in [0.29, 0.717) is 29.1 Å². The van der Waals surface area contributed by atoms with Gasteiger partial charge in [0.2, 0.25) is 5.91 Å². The molecule has 1 aromatic heterocycles. The van der Waals surface area contributed by atoms with E-state index in [1.165, 1.54) is 0 Å². The van der Waals surface area contributed by atoms with Crippen molar-refractivity contribution in [1.82, 2.24) is 10.6 Å². The Hall–Kier alpha value is -3.74. The van der Waals surface area contributed by atoms with E-state index in [1.54, 1.807) is 6.92 Å². The highest BCUT2D eigenvalue weighted by Crippen LogP contribution is 2.28. The van der Waals surface area contributed by atoms with Crippen LogP contribution in [0.5, 0.6) is 0 Å². The van der Waals surface area contributed by atoms with Crippen molar-refractivity contribution < 1.29 is 14.1 Å². The highest BCUT2D eigenvalue weighted by atomic mass is 16.5. The van der Waals surface area contributed by atoms with Gasteiger partial charge in [-0.15, -0.1) is 0 Å². The van der Waals surface area contributed by atoms with Gasteiger partial charge in [0.1, 0.15) is 17.0 Å². The number of rotatable bonds is 4. The maximum absolute atomic E-state index is 13.0. The maximum atomic E-state index is 13.0. The van der Waals surface area contributed by atoms with E-state index in [-0.39, 0.29) is 17.7 Å². The second kappa shape index (κ2) is 7.94. The van der Waals surface area contributed by atoms with E-state index < -0.39 is 0 Å². The standard InChI is InChI=1S/C23H22N4O3/c1-13-6-4-5-7-18(13)22-20(15(3)30-27-22)23(29)24-17-10-8-16(9-11-17)21-14(2)12-19(28)25-26-21/h4-11,14H,12H2,1-3H3,(H,24,29)(H,25,28). The molecule has 0 saturated carbocycles. The Labute approximate surface area is 174 Å². The Kier molecular flexibility index (Phi) is 5.18. The Morgan fingerprint density at radius 2 is 1.87 bits per heavy atom. The largest absolute Gasteiger partial charge is 0.360 e. The average Bonchev–Trinajstić information content (AvgIpc) is 3.10. The molecule has 2 heterocycles. The zero-order chi connectivity index (χ0) is 21.3. The number of nitrogens with zero attached hydrogens (tertiary/aromatic N) is 2. The molecule has 1 atom stereocenters.